The second kappa shape index (κ2) is 4.52. The summed E-state index contributed by atoms with van der Waals surface area (Å²) in [6.07, 6.45) is 1.98. The third-order valence-corrected chi connectivity index (χ3v) is 2.27. The van der Waals surface area contributed by atoms with E-state index in [1.807, 2.05) is 0 Å². The lowest BCUT2D eigenvalue weighted by Crippen LogP contribution is -2.47. The minimum Gasteiger partial charge on any atom is -0.477 e. The standard InChI is InChI=1S/C9H14O5/c1-9(8(11)12)13-5-7(6-14-9)3-2-4-10/h4,7H,2-3,5-6H2,1H3,(H,11,12). The molecule has 80 valence electrons. The molecule has 1 N–H and O–H groups in total. The molecule has 0 amide bonds. The molecule has 5 nitrogen and oxygen atoms in total. The number of hydrogen-bond donors (Lipinski definition) is 1. The van der Waals surface area contributed by atoms with Gasteiger partial charge in [0.15, 0.2) is 0 Å². The van der Waals surface area contributed by atoms with Gasteiger partial charge in [0.05, 0.1) is 13.2 Å². The van der Waals surface area contributed by atoms with Crippen LogP contribution in [-0.2, 0) is 19.1 Å². The first-order chi connectivity index (χ1) is 6.58. The number of carbonyl (C=O) groups is 2. The topological polar surface area (TPSA) is 72.8 Å². The summed E-state index contributed by atoms with van der Waals surface area (Å²) in [6.45, 7) is 2.04. The third-order valence-electron chi connectivity index (χ3n) is 2.27. The van der Waals surface area contributed by atoms with E-state index in [1.165, 1.54) is 6.92 Å². The molecule has 5 heteroatoms. The summed E-state index contributed by atoms with van der Waals surface area (Å²) in [6, 6.07) is 0. The van der Waals surface area contributed by atoms with Crippen molar-refractivity contribution >= 4 is 12.3 Å². The maximum Gasteiger partial charge on any atom is 0.364 e. The molecule has 0 atom stereocenters. The Morgan fingerprint density at radius 3 is 2.57 bits per heavy atom. The van der Waals surface area contributed by atoms with Crippen LogP contribution in [0, 0.1) is 5.92 Å². The van der Waals surface area contributed by atoms with E-state index in [0.29, 0.717) is 26.1 Å². The Bertz CT molecular complexity index is 217. The highest BCUT2D eigenvalue weighted by Gasteiger charge is 2.40. The molecule has 0 aromatic carbocycles. The highest BCUT2D eigenvalue weighted by molar-refractivity contribution is 5.75. The number of aldehydes is 1. The van der Waals surface area contributed by atoms with Crippen molar-refractivity contribution in [3.63, 3.8) is 0 Å². The van der Waals surface area contributed by atoms with Crippen LogP contribution >= 0.6 is 0 Å². The maximum atomic E-state index is 10.7. The number of rotatable bonds is 4. The smallest absolute Gasteiger partial charge is 0.364 e. The van der Waals surface area contributed by atoms with E-state index in [2.05, 4.69) is 0 Å². The maximum absolute atomic E-state index is 10.7. The van der Waals surface area contributed by atoms with Crippen LogP contribution in [0.15, 0.2) is 0 Å². The van der Waals surface area contributed by atoms with Crippen LogP contribution in [-0.4, -0.2) is 36.4 Å². The van der Waals surface area contributed by atoms with Gasteiger partial charge in [-0.3, -0.25) is 0 Å². The van der Waals surface area contributed by atoms with Gasteiger partial charge in [0.2, 0.25) is 0 Å². The summed E-state index contributed by atoms with van der Waals surface area (Å²) in [5.41, 5.74) is 0. The van der Waals surface area contributed by atoms with Crippen LogP contribution in [0.1, 0.15) is 19.8 Å². The minimum absolute atomic E-state index is 0.118. The van der Waals surface area contributed by atoms with Crippen molar-refractivity contribution in [2.45, 2.75) is 25.6 Å². The predicted molar refractivity (Wildman–Crippen MR) is 46.7 cm³/mol. The van der Waals surface area contributed by atoms with E-state index in [4.69, 9.17) is 14.6 Å². The van der Waals surface area contributed by atoms with Crippen molar-refractivity contribution in [2.75, 3.05) is 13.2 Å². The fourth-order valence-corrected chi connectivity index (χ4v) is 1.24. The van der Waals surface area contributed by atoms with Crippen LogP contribution in [0.3, 0.4) is 0 Å². The minimum atomic E-state index is -1.52. The molecule has 0 radical (unpaired) electrons. The molecule has 1 rings (SSSR count). The quantitative estimate of drug-likeness (QED) is 0.669. The van der Waals surface area contributed by atoms with Gasteiger partial charge in [0, 0.05) is 19.3 Å². The molecule has 0 aliphatic carbocycles. The first kappa shape index (κ1) is 11.1. The summed E-state index contributed by atoms with van der Waals surface area (Å²) >= 11 is 0. The molecule has 0 saturated carbocycles. The van der Waals surface area contributed by atoms with E-state index in [9.17, 15) is 9.59 Å². The molecule has 1 saturated heterocycles. The van der Waals surface area contributed by atoms with Gasteiger partial charge in [-0.1, -0.05) is 0 Å². The first-order valence-electron chi connectivity index (χ1n) is 4.53. The average molecular weight is 202 g/mol. The zero-order chi connectivity index (χ0) is 10.6. The van der Waals surface area contributed by atoms with E-state index in [1.54, 1.807) is 0 Å². The SMILES string of the molecule is CC1(C(=O)O)OCC(CCC=O)CO1. The van der Waals surface area contributed by atoms with Gasteiger partial charge < -0.3 is 19.4 Å². The number of carboxylic acids is 1. The van der Waals surface area contributed by atoms with Gasteiger partial charge in [-0.15, -0.1) is 0 Å². The van der Waals surface area contributed by atoms with Gasteiger partial charge in [-0.05, 0) is 6.42 Å². The fraction of sp³-hybridized carbons (Fsp3) is 0.778. The van der Waals surface area contributed by atoms with Crippen molar-refractivity contribution in [2.24, 2.45) is 5.92 Å². The van der Waals surface area contributed by atoms with Crippen LogP contribution in [0.2, 0.25) is 0 Å². The normalized spacial score (nSPS) is 32.5. The van der Waals surface area contributed by atoms with Crippen molar-refractivity contribution in [1.82, 2.24) is 0 Å². The van der Waals surface area contributed by atoms with E-state index >= 15 is 0 Å². The molecule has 0 bridgehead atoms. The Balaban J connectivity index is 2.37. The van der Waals surface area contributed by atoms with E-state index in [0.717, 1.165) is 6.29 Å². The largest absolute Gasteiger partial charge is 0.477 e. The molecule has 0 aromatic heterocycles. The first-order valence-corrected chi connectivity index (χ1v) is 4.53. The monoisotopic (exact) mass is 202 g/mol. The highest BCUT2D eigenvalue weighted by Crippen LogP contribution is 2.23. The van der Waals surface area contributed by atoms with E-state index < -0.39 is 11.8 Å². The molecule has 0 spiro atoms. The summed E-state index contributed by atoms with van der Waals surface area (Å²) in [7, 11) is 0. The van der Waals surface area contributed by atoms with Crippen LogP contribution in [0.25, 0.3) is 0 Å². The third kappa shape index (κ3) is 2.52. The molecule has 0 aromatic rings. The molecular weight excluding hydrogens is 188 g/mol. The van der Waals surface area contributed by atoms with Gasteiger partial charge >= 0.3 is 5.97 Å². The number of carbonyl (C=O) groups excluding carboxylic acids is 1. The molecule has 0 unspecified atom stereocenters. The van der Waals surface area contributed by atoms with E-state index in [-0.39, 0.29) is 5.92 Å². The Morgan fingerprint density at radius 2 is 2.14 bits per heavy atom. The van der Waals surface area contributed by atoms with Gasteiger partial charge in [0.1, 0.15) is 6.29 Å². The molecular formula is C9H14O5. The van der Waals surface area contributed by atoms with Crippen molar-refractivity contribution < 1.29 is 24.2 Å². The van der Waals surface area contributed by atoms with Gasteiger partial charge in [-0.25, -0.2) is 4.79 Å². The second-order valence-corrected chi connectivity index (χ2v) is 3.48. The Hall–Kier alpha value is -0.940. The van der Waals surface area contributed by atoms with Crippen molar-refractivity contribution in [1.29, 1.82) is 0 Å². The van der Waals surface area contributed by atoms with Crippen molar-refractivity contribution in [3.05, 3.63) is 0 Å². The Morgan fingerprint density at radius 1 is 1.57 bits per heavy atom. The van der Waals surface area contributed by atoms with Gasteiger partial charge in [0.25, 0.3) is 5.79 Å². The number of ether oxygens (including phenoxy) is 2. The lowest BCUT2D eigenvalue weighted by molar-refractivity contribution is -0.270. The number of aliphatic carboxylic acids is 1. The lowest BCUT2D eigenvalue weighted by atomic mass is 10.0. The molecule has 1 fully saturated rings. The summed E-state index contributed by atoms with van der Waals surface area (Å²) in [5.74, 6) is -2.52. The fourth-order valence-electron chi connectivity index (χ4n) is 1.24. The predicted octanol–water partition coefficient (Wildman–Crippen LogP) is 0.429. The highest BCUT2D eigenvalue weighted by atomic mass is 16.7. The van der Waals surface area contributed by atoms with Crippen LogP contribution < -0.4 is 0 Å². The number of carboxylic acid groups (broad SMARTS) is 1. The second-order valence-electron chi connectivity index (χ2n) is 3.48. The zero-order valence-corrected chi connectivity index (χ0v) is 8.06. The summed E-state index contributed by atoms with van der Waals surface area (Å²) in [4.78, 5) is 20.8. The van der Waals surface area contributed by atoms with Crippen LogP contribution in [0.5, 0.6) is 0 Å². The molecule has 1 aliphatic rings. The average Bonchev–Trinajstić information content (AvgIpc) is 2.17. The molecule has 1 heterocycles. The number of hydrogen-bond acceptors (Lipinski definition) is 4. The Kier molecular flexibility index (Phi) is 3.60. The molecule has 1 aliphatic heterocycles. The van der Waals surface area contributed by atoms with Crippen molar-refractivity contribution in [3.8, 4) is 0 Å². The van der Waals surface area contributed by atoms with Crippen LogP contribution in [0.4, 0.5) is 0 Å². The van der Waals surface area contributed by atoms with Gasteiger partial charge in [-0.2, -0.15) is 0 Å². The summed E-state index contributed by atoms with van der Waals surface area (Å²) < 4.78 is 10.2. The zero-order valence-electron chi connectivity index (χ0n) is 8.06. The Labute approximate surface area is 82.0 Å². The summed E-state index contributed by atoms with van der Waals surface area (Å²) in [5, 5.41) is 8.75. The lowest BCUT2D eigenvalue weighted by Gasteiger charge is -2.34. The molecule has 14 heavy (non-hydrogen) atoms.